The third kappa shape index (κ3) is 2.07. The SMILES string of the molecule is Cc1cc(C(C)C(=O)O)cc(O)c1Br. The summed E-state index contributed by atoms with van der Waals surface area (Å²) in [4.78, 5) is 10.7. The van der Waals surface area contributed by atoms with Crippen molar-refractivity contribution in [1.29, 1.82) is 0 Å². The van der Waals surface area contributed by atoms with E-state index >= 15 is 0 Å². The van der Waals surface area contributed by atoms with Crippen LogP contribution in [0.15, 0.2) is 16.6 Å². The minimum atomic E-state index is -0.897. The second-order valence-corrected chi connectivity index (χ2v) is 4.02. The number of hydrogen-bond donors (Lipinski definition) is 2. The maximum absolute atomic E-state index is 10.7. The molecule has 0 saturated carbocycles. The molecule has 1 atom stereocenters. The van der Waals surface area contributed by atoms with Gasteiger partial charge in [0.1, 0.15) is 5.75 Å². The number of carbonyl (C=O) groups is 1. The molecule has 0 saturated heterocycles. The zero-order chi connectivity index (χ0) is 10.9. The number of phenols is 1. The third-order valence-electron chi connectivity index (χ3n) is 2.13. The van der Waals surface area contributed by atoms with Gasteiger partial charge in [-0.2, -0.15) is 0 Å². The number of carboxylic acid groups (broad SMARTS) is 1. The van der Waals surface area contributed by atoms with E-state index in [1.807, 2.05) is 6.92 Å². The van der Waals surface area contributed by atoms with Crippen molar-refractivity contribution in [2.45, 2.75) is 19.8 Å². The predicted octanol–water partition coefficient (Wildman–Crippen LogP) is 2.65. The topological polar surface area (TPSA) is 57.5 Å². The van der Waals surface area contributed by atoms with Gasteiger partial charge in [0.2, 0.25) is 0 Å². The Bertz CT molecular complexity index is 351. The number of carboxylic acids is 1. The highest BCUT2D eigenvalue weighted by atomic mass is 79.9. The lowest BCUT2D eigenvalue weighted by Crippen LogP contribution is -2.07. The first kappa shape index (κ1) is 11.0. The van der Waals surface area contributed by atoms with E-state index in [1.165, 1.54) is 6.07 Å². The molecular weight excluding hydrogens is 248 g/mol. The quantitative estimate of drug-likeness (QED) is 0.858. The molecule has 0 aliphatic rings. The van der Waals surface area contributed by atoms with Crippen LogP contribution in [0.2, 0.25) is 0 Å². The fourth-order valence-corrected chi connectivity index (χ4v) is 1.40. The van der Waals surface area contributed by atoms with Crippen LogP contribution in [-0.4, -0.2) is 16.2 Å². The number of halogens is 1. The van der Waals surface area contributed by atoms with Crippen LogP contribution in [0.1, 0.15) is 24.0 Å². The van der Waals surface area contributed by atoms with Gasteiger partial charge in [0.25, 0.3) is 0 Å². The van der Waals surface area contributed by atoms with Crippen molar-refractivity contribution >= 4 is 21.9 Å². The van der Waals surface area contributed by atoms with Crippen molar-refractivity contribution in [2.75, 3.05) is 0 Å². The second-order valence-electron chi connectivity index (χ2n) is 3.23. The smallest absolute Gasteiger partial charge is 0.310 e. The van der Waals surface area contributed by atoms with Gasteiger partial charge in [0, 0.05) is 0 Å². The number of rotatable bonds is 2. The predicted molar refractivity (Wildman–Crippen MR) is 56.6 cm³/mol. The Kier molecular flexibility index (Phi) is 3.16. The van der Waals surface area contributed by atoms with Crippen molar-refractivity contribution in [3.8, 4) is 5.75 Å². The molecule has 0 bridgehead atoms. The maximum atomic E-state index is 10.7. The molecule has 0 aliphatic heterocycles. The molecule has 76 valence electrons. The molecule has 14 heavy (non-hydrogen) atoms. The largest absolute Gasteiger partial charge is 0.507 e. The Hall–Kier alpha value is -1.03. The van der Waals surface area contributed by atoms with Crippen LogP contribution in [0, 0.1) is 6.92 Å². The summed E-state index contributed by atoms with van der Waals surface area (Å²) in [7, 11) is 0. The highest BCUT2D eigenvalue weighted by molar-refractivity contribution is 9.10. The molecule has 3 nitrogen and oxygen atoms in total. The lowest BCUT2D eigenvalue weighted by molar-refractivity contribution is -0.138. The summed E-state index contributed by atoms with van der Waals surface area (Å²) in [6.07, 6.45) is 0. The molecule has 0 radical (unpaired) electrons. The van der Waals surface area contributed by atoms with Crippen LogP contribution < -0.4 is 0 Å². The van der Waals surface area contributed by atoms with Gasteiger partial charge in [-0.1, -0.05) is 6.07 Å². The van der Waals surface area contributed by atoms with E-state index < -0.39 is 11.9 Å². The van der Waals surface area contributed by atoms with Gasteiger partial charge in [0.15, 0.2) is 0 Å². The van der Waals surface area contributed by atoms with Crippen molar-refractivity contribution in [3.63, 3.8) is 0 Å². The molecule has 1 rings (SSSR count). The number of benzene rings is 1. The lowest BCUT2D eigenvalue weighted by atomic mass is 9.99. The molecule has 0 fully saturated rings. The molecule has 1 aromatic carbocycles. The Morgan fingerprint density at radius 3 is 2.50 bits per heavy atom. The summed E-state index contributed by atoms with van der Waals surface area (Å²) in [6.45, 7) is 3.40. The number of aliphatic carboxylic acids is 1. The first-order valence-corrected chi connectivity index (χ1v) is 4.94. The average molecular weight is 259 g/mol. The third-order valence-corrected chi connectivity index (χ3v) is 3.16. The highest BCUT2D eigenvalue weighted by Gasteiger charge is 2.16. The maximum Gasteiger partial charge on any atom is 0.310 e. The minimum absolute atomic E-state index is 0.0769. The van der Waals surface area contributed by atoms with Crippen LogP contribution >= 0.6 is 15.9 Å². The van der Waals surface area contributed by atoms with Crippen LogP contribution in [0.3, 0.4) is 0 Å². The van der Waals surface area contributed by atoms with Crippen LogP contribution in [0.25, 0.3) is 0 Å². The van der Waals surface area contributed by atoms with Crippen LogP contribution in [0.5, 0.6) is 5.75 Å². The van der Waals surface area contributed by atoms with Crippen molar-refractivity contribution < 1.29 is 15.0 Å². The molecule has 1 unspecified atom stereocenters. The van der Waals surface area contributed by atoms with E-state index in [0.717, 1.165) is 5.56 Å². The lowest BCUT2D eigenvalue weighted by Gasteiger charge is -2.10. The van der Waals surface area contributed by atoms with Gasteiger partial charge in [-0.25, -0.2) is 0 Å². The molecule has 0 spiro atoms. The number of aryl methyl sites for hydroxylation is 1. The minimum Gasteiger partial charge on any atom is -0.507 e. The molecule has 0 aromatic heterocycles. The van der Waals surface area contributed by atoms with E-state index in [2.05, 4.69) is 15.9 Å². The molecule has 4 heteroatoms. The summed E-state index contributed by atoms with van der Waals surface area (Å²) in [5, 5.41) is 18.3. The summed E-state index contributed by atoms with van der Waals surface area (Å²) in [6, 6.07) is 3.22. The molecule has 2 N–H and O–H groups in total. The van der Waals surface area contributed by atoms with E-state index in [1.54, 1.807) is 13.0 Å². The number of aromatic hydroxyl groups is 1. The van der Waals surface area contributed by atoms with E-state index in [9.17, 15) is 9.90 Å². The normalized spacial score (nSPS) is 12.5. The summed E-state index contributed by atoms with van der Waals surface area (Å²) >= 11 is 3.20. The highest BCUT2D eigenvalue weighted by Crippen LogP contribution is 2.31. The fourth-order valence-electron chi connectivity index (χ4n) is 1.17. The first-order chi connectivity index (χ1) is 6.43. The zero-order valence-electron chi connectivity index (χ0n) is 7.91. The molecule has 0 heterocycles. The average Bonchev–Trinajstić information content (AvgIpc) is 2.12. The number of hydrogen-bond acceptors (Lipinski definition) is 2. The molecule has 1 aromatic rings. The van der Waals surface area contributed by atoms with Gasteiger partial charge >= 0.3 is 5.97 Å². The molecule has 0 amide bonds. The van der Waals surface area contributed by atoms with Crippen molar-refractivity contribution in [1.82, 2.24) is 0 Å². The molecule has 0 aliphatic carbocycles. The van der Waals surface area contributed by atoms with E-state index in [4.69, 9.17) is 5.11 Å². The molecular formula is C10H11BrO3. The Morgan fingerprint density at radius 2 is 2.07 bits per heavy atom. The van der Waals surface area contributed by atoms with Gasteiger partial charge in [0.05, 0.1) is 10.4 Å². The van der Waals surface area contributed by atoms with Crippen molar-refractivity contribution in [2.24, 2.45) is 0 Å². The Labute approximate surface area is 90.5 Å². The Balaban J connectivity index is 3.19. The van der Waals surface area contributed by atoms with Crippen LogP contribution in [0.4, 0.5) is 0 Å². The summed E-state index contributed by atoms with van der Waals surface area (Å²) < 4.78 is 0.610. The number of phenolic OH excluding ortho intramolecular Hbond substituents is 1. The van der Waals surface area contributed by atoms with Gasteiger partial charge in [-0.3, -0.25) is 4.79 Å². The van der Waals surface area contributed by atoms with Gasteiger partial charge in [-0.05, 0) is 47.0 Å². The Morgan fingerprint density at radius 1 is 1.50 bits per heavy atom. The van der Waals surface area contributed by atoms with E-state index in [-0.39, 0.29) is 5.75 Å². The standard InChI is InChI=1S/C10H11BrO3/c1-5-3-7(6(2)10(13)14)4-8(12)9(5)11/h3-4,6,12H,1-2H3,(H,13,14). The van der Waals surface area contributed by atoms with Crippen molar-refractivity contribution in [3.05, 3.63) is 27.7 Å². The first-order valence-electron chi connectivity index (χ1n) is 4.15. The summed E-state index contributed by atoms with van der Waals surface area (Å²) in [5.74, 6) is -1.42. The zero-order valence-corrected chi connectivity index (χ0v) is 9.50. The van der Waals surface area contributed by atoms with Crippen LogP contribution in [-0.2, 0) is 4.79 Å². The van der Waals surface area contributed by atoms with Gasteiger partial charge < -0.3 is 10.2 Å². The monoisotopic (exact) mass is 258 g/mol. The summed E-state index contributed by atoms with van der Waals surface area (Å²) in [5.41, 5.74) is 1.43. The fraction of sp³-hybridized carbons (Fsp3) is 0.300. The van der Waals surface area contributed by atoms with E-state index in [0.29, 0.717) is 10.0 Å². The van der Waals surface area contributed by atoms with Gasteiger partial charge in [-0.15, -0.1) is 0 Å². The second kappa shape index (κ2) is 4.00.